The van der Waals surface area contributed by atoms with Crippen LogP contribution in [0, 0.1) is 5.92 Å². The number of hydrogen-bond acceptors (Lipinski definition) is 4. The van der Waals surface area contributed by atoms with Crippen molar-refractivity contribution >= 4 is 0 Å². The Kier molecular flexibility index (Phi) is 7.77. The Balaban J connectivity index is 2.21. The molecule has 1 saturated heterocycles. The van der Waals surface area contributed by atoms with Crippen LogP contribution in [0.15, 0.2) is 0 Å². The summed E-state index contributed by atoms with van der Waals surface area (Å²) >= 11 is 0. The average Bonchev–Trinajstić information content (AvgIpc) is 2.33. The lowest BCUT2D eigenvalue weighted by Gasteiger charge is -2.28. The molecule has 17 heavy (non-hydrogen) atoms. The molecule has 102 valence electrons. The number of ether oxygens (including phenoxy) is 3. The maximum atomic E-state index is 5.56. The minimum Gasteiger partial charge on any atom is -0.383 e. The lowest BCUT2D eigenvalue weighted by molar-refractivity contribution is -0.182. The third kappa shape index (κ3) is 6.99. The molecule has 1 aliphatic rings. The summed E-state index contributed by atoms with van der Waals surface area (Å²) < 4.78 is 16.3. The van der Waals surface area contributed by atoms with Crippen LogP contribution < -0.4 is 0 Å². The van der Waals surface area contributed by atoms with Gasteiger partial charge in [-0.05, 0) is 12.3 Å². The summed E-state index contributed by atoms with van der Waals surface area (Å²) in [6.07, 6.45) is 1.98. The fourth-order valence-electron chi connectivity index (χ4n) is 2.02. The van der Waals surface area contributed by atoms with Crippen molar-refractivity contribution < 1.29 is 14.2 Å². The lowest BCUT2D eigenvalue weighted by Crippen LogP contribution is -2.35. The highest BCUT2D eigenvalue weighted by atomic mass is 16.7. The molecule has 0 amide bonds. The number of nitrogens with zero attached hydrogens (tertiary/aromatic N) is 1. The molecule has 1 aliphatic heterocycles. The highest BCUT2D eigenvalue weighted by Crippen LogP contribution is 2.10. The van der Waals surface area contributed by atoms with Crippen LogP contribution in [0.3, 0.4) is 0 Å². The molecule has 0 aromatic rings. The van der Waals surface area contributed by atoms with Gasteiger partial charge >= 0.3 is 0 Å². The molecule has 0 aromatic heterocycles. The van der Waals surface area contributed by atoms with Crippen LogP contribution in [0.5, 0.6) is 0 Å². The van der Waals surface area contributed by atoms with Crippen molar-refractivity contribution in [3.05, 3.63) is 0 Å². The van der Waals surface area contributed by atoms with Crippen molar-refractivity contribution in [1.82, 2.24) is 4.90 Å². The smallest absolute Gasteiger partial charge is 0.158 e. The first-order valence-corrected chi connectivity index (χ1v) is 6.67. The van der Waals surface area contributed by atoms with Gasteiger partial charge in [0, 0.05) is 33.2 Å². The second-order valence-corrected chi connectivity index (χ2v) is 5.00. The third-order valence-corrected chi connectivity index (χ3v) is 2.81. The SMILES string of the molecule is COCCN(CCC1OCCCO1)CC(C)C. The third-order valence-electron chi connectivity index (χ3n) is 2.81. The van der Waals surface area contributed by atoms with Crippen LogP contribution >= 0.6 is 0 Å². The van der Waals surface area contributed by atoms with Gasteiger partial charge in [0.25, 0.3) is 0 Å². The second-order valence-electron chi connectivity index (χ2n) is 5.00. The maximum Gasteiger partial charge on any atom is 0.158 e. The van der Waals surface area contributed by atoms with E-state index in [9.17, 15) is 0 Å². The van der Waals surface area contributed by atoms with E-state index in [2.05, 4.69) is 18.7 Å². The Morgan fingerprint density at radius 1 is 1.24 bits per heavy atom. The molecule has 1 fully saturated rings. The van der Waals surface area contributed by atoms with Gasteiger partial charge in [-0.15, -0.1) is 0 Å². The zero-order valence-corrected chi connectivity index (χ0v) is 11.5. The molecular formula is C13H27NO3. The fourth-order valence-corrected chi connectivity index (χ4v) is 2.02. The average molecular weight is 245 g/mol. The van der Waals surface area contributed by atoms with Gasteiger partial charge in [-0.2, -0.15) is 0 Å². The van der Waals surface area contributed by atoms with Crippen molar-refractivity contribution in [1.29, 1.82) is 0 Å². The molecule has 1 rings (SSSR count). The molecule has 0 spiro atoms. The topological polar surface area (TPSA) is 30.9 Å². The van der Waals surface area contributed by atoms with E-state index in [4.69, 9.17) is 14.2 Å². The first kappa shape index (κ1) is 14.9. The van der Waals surface area contributed by atoms with Gasteiger partial charge in [0.2, 0.25) is 0 Å². The summed E-state index contributed by atoms with van der Waals surface area (Å²) in [6, 6.07) is 0. The van der Waals surface area contributed by atoms with Crippen LogP contribution in [0.4, 0.5) is 0 Å². The van der Waals surface area contributed by atoms with Crippen LogP contribution in [0.1, 0.15) is 26.7 Å². The van der Waals surface area contributed by atoms with E-state index in [-0.39, 0.29) is 6.29 Å². The van der Waals surface area contributed by atoms with Gasteiger partial charge in [0.05, 0.1) is 19.8 Å². The molecule has 0 aliphatic carbocycles. The molecule has 0 N–H and O–H groups in total. The molecule has 0 bridgehead atoms. The molecule has 0 radical (unpaired) electrons. The first-order valence-electron chi connectivity index (χ1n) is 6.67. The van der Waals surface area contributed by atoms with Crippen molar-refractivity contribution in [3.8, 4) is 0 Å². The zero-order chi connectivity index (χ0) is 12.5. The Hall–Kier alpha value is -0.160. The Morgan fingerprint density at radius 2 is 1.94 bits per heavy atom. The molecular weight excluding hydrogens is 218 g/mol. The zero-order valence-electron chi connectivity index (χ0n) is 11.5. The van der Waals surface area contributed by atoms with Gasteiger partial charge in [0.15, 0.2) is 6.29 Å². The summed E-state index contributed by atoms with van der Waals surface area (Å²) in [4.78, 5) is 2.43. The van der Waals surface area contributed by atoms with Crippen LogP contribution in [-0.4, -0.2) is 57.8 Å². The summed E-state index contributed by atoms with van der Waals surface area (Å²) in [5.41, 5.74) is 0. The minimum absolute atomic E-state index is 0.000886. The van der Waals surface area contributed by atoms with E-state index in [1.54, 1.807) is 7.11 Å². The highest BCUT2D eigenvalue weighted by molar-refractivity contribution is 4.62. The van der Waals surface area contributed by atoms with E-state index in [0.29, 0.717) is 5.92 Å². The Bertz CT molecular complexity index is 182. The fraction of sp³-hybridized carbons (Fsp3) is 1.00. The summed E-state index contributed by atoms with van der Waals surface area (Å²) in [6.45, 7) is 10.1. The van der Waals surface area contributed by atoms with E-state index in [1.807, 2.05) is 0 Å². The largest absolute Gasteiger partial charge is 0.383 e. The number of methoxy groups -OCH3 is 1. The van der Waals surface area contributed by atoms with Gasteiger partial charge < -0.3 is 19.1 Å². The molecule has 0 saturated carbocycles. The van der Waals surface area contributed by atoms with Crippen molar-refractivity contribution in [2.24, 2.45) is 5.92 Å². The second kappa shape index (κ2) is 8.86. The van der Waals surface area contributed by atoms with Crippen molar-refractivity contribution in [2.45, 2.75) is 33.0 Å². The monoisotopic (exact) mass is 245 g/mol. The summed E-state index contributed by atoms with van der Waals surface area (Å²) in [5.74, 6) is 0.681. The number of hydrogen-bond donors (Lipinski definition) is 0. The standard InChI is InChI=1S/C13H27NO3/c1-12(2)11-14(7-10-15-3)6-5-13-16-8-4-9-17-13/h12-13H,4-11H2,1-3H3. The van der Waals surface area contributed by atoms with E-state index in [1.165, 1.54) is 0 Å². The van der Waals surface area contributed by atoms with Crippen molar-refractivity contribution in [2.75, 3.05) is 46.6 Å². The normalized spacial score (nSPS) is 18.2. The van der Waals surface area contributed by atoms with Crippen LogP contribution in [0.25, 0.3) is 0 Å². The minimum atomic E-state index is 0.000886. The van der Waals surface area contributed by atoms with Crippen LogP contribution in [0.2, 0.25) is 0 Å². The quantitative estimate of drug-likeness (QED) is 0.652. The molecule has 0 aromatic carbocycles. The number of rotatable bonds is 8. The summed E-state index contributed by atoms with van der Waals surface area (Å²) in [7, 11) is 1.75. The molecule has 4 heteroatoms. The van der Waals surface area contributed by atoms with E-state index >= 15 is 0 Å². The van der Waals surface area contributed by atoms with Crippen LogP contribution in [-0.2, 0) is 14.2 Å². The van der Waals surface area contributed by atoms with E-state index in [0.717, 1.165) is 52.3 Å². The summed E-state index contributed by atoms with van der Waals surface area (Å²) in [5, 5.41) is 0. The molecule has 0 atom stereocenters. The molecule has 0 unspecified atom stereocenters. The van der Waals surface area contributed by atoms with Gasteiger partial charge in [-0.1, -0.05) is 13.8 Å². The van der Waals surface area contributed by atoms with Gasteiger partial charge in [-0.3, -0.25) is 0 Å². The molecule has 4 nitrogen and oxygen atoms in total. The van der Waals surface area contributed by atoms with E-state index < -0.39 is 0 Å². The van der Waals surface area contributed by atoms with Crippen molar-refractivity contribution in [3.63, 3.8) is 0 Å². The Labute approximate surface area is 105 Å². The van der Waals surface area contributed by atoms with Gasteiger partial charge in [0.1, 0.15) is 0 Å². The van der Waals surface area contributed by atoms with Gasteiger partial charge in [-0.25, -0.2) is 0 Å². The predicted octanol–water partition coefficient (Wildman–Crippen LogP) is 1.74. The maximum absolute atomic E-state index is 5.56. The first-order chi connectivity index (χ1) is 8.22. The molecule has 1 heterocycles. The highest BCUT2D eigenvalue weighted by Gasteiger charge is 2.16. The lowest BCUT2D eigenvalue weighted by atomic mass is 10.2. The Morgan fingerprint density at radius 3 is 2.53 bits per heavy atom. The predicted molar refractivity (Wildman–Crippen MR) is 68.1 cm³/mol.